The van der Waals surface area contributed by atoms with Crippen molar-refractivity contribution in [3.05, 3.63) is 136 Å². The highest BCUT2D eigenvalue weighted by Gasteiger charge is 2.21. The zero-order valence-electron chi connectivity index (χ0n) is 49.2. The number of phenols is 3. The number of methoxy groups -OCH3 is 5. The molecule has 21 heteroatoms. The van der Waals surface area contributed by atoms with Crippen LogP contribution in [0, 0.1) is 5.92 Å². The monoisotopic (exact) mass is 1170 g/mol. The highest BCUT2D eigenvalue weighted by atomic mass is 16.5. The SMILES string of the molecule is CCOC(=O)CC/C(C(C)=O)=C(O)\C=C\c1ccc(O)c(OC)c1.CCOC(=O)CCC(C(=O)/C=C/c1ccc(O)c(OC)c1)=C(O)/C=C/c1ccc(OC)c(OC)c1.CCOC(=O)CCC(C(C)=O)C(C)=O.COc1cc(C=O)ccc1O. The Balaban J connectivity index is 0.000000618. The van der Waals surface area contributed by atoms with Gasteiger partial charge in [0, 0.05) is 36.0 Å². The Kier molecular flexibility index (Phi) is 34.2. The second-order valence-electron chi connectivity index (χ2n) is 17.4. The lowest BCUT2D eigenvalue weighted by Crippen LogP contribution is -2.20. The molecule has 4 aromatic carbocycles. The molecule has 0 aliphatic heterocycles. The van der Waals surface area contributed by atoms with E-state index >= 15 is 0 Å². The van der Waals surface area contributed by atoms with Crippen LogP contribution in [0.5, 0.6) is 46.0 Å². The maximum absolute atomic E-state index is 12.9. The Morgan fingerprint density at radius 2 is 0.786 bits per heavy atom. The summed E-state index contributed by atoms with van der Waals surface area (Å²) in [5.41, 5.74) is 2.68. The molecular formula is C63H76O21. The summed E-state index contributed by atoms with van der Waals surface area (Å²) in [6.07, 6.45) is 9.87. The number of aliphatic hydroxyl groups is 2. The quantitative estimate of drug-likeness (QED) is 0.00671. The lowest BCUT2D eigenvalue weighted by atomic mass is 9.95. The molecule has 0 atom stereocenters. The van der Waals surface area contributed by atoms with Gasteiger partial charge in [0.15, 0.2) is 57.6 Å². The first-order valence-corrected chi connectivity index (χ1v) is 26.2. The predicted octanol–water partition coefficient (Wildman–Crippen LogP) is 10.4. The third kappa shape index (κ3) is 26.7. The maximum Gasteiger partial charge on any atom is 0.306 e. The minimum absolute atomic E-state index is 0.00766. The number of phenolic OH excluding ortho intramolecular Hbond substituents is 3. The van der Waals surface area contributed by atoms with Gasteiger partial charge in [-0.05, 0) is 150 Å². The van der Waals surface area contributed by atoms with E-state index in [4.69, 9.17) is 43.0 Å². The Morgan fingerprint density at radius 1 is 0.440 bits per heavy atom. The van der Waals surface area contributed by atoms with Gasteiger partial charge in [0.1, 0.15) is 29.4 Å². The molecule has 0 spiro atoms. The second-order valence-corrected chi connectivity index (χ2v) is 17.4. The fraction of sp³-hybridized carbons (Fsp3) is 0.333. The highest BCUT2D eigenvalue weighted by molar-refractivity contribution is 6.07. The van der Waals surface area contributed by atoms with Crippen LogP contribution in [0.3, 0.4) is 0 Å². The van der Waals surface area contributed by atoms with Crippen molar-refractivity contribution in [3.8, 4) is 46.0 Å². The third-order valence-electron chi connectivity index (χ3n) is 11.5. The van der Waals surface area contributed by atoms with Crippen LogP contribution in [0.15, 0.2) is 114 Å². The van der Waals surface area contributed by atoms with Crippen LogP contribution in [0.25, 0.3) is 18.2 Å². The summed E-state index contributed by atoms with van der Waals surface area (Å²) < 4.78 is 39.8. The van der Waals surface area contributed by atoms with E-state index in [-0.39, 0.29) is 121 Å². The average Bonchev–Trinajstić information content (AvgIpc) is 3.58. The van der Waals surface area contributed by atoms with Gasteiger partial charge in [-0.1, -0.05) is 36.4 Å². The molecule has 0 unspecified atom stereocenters. The van der Waals surface area contributed by atoms with Crippen molar-refractivity contribution in [1.82, 2.24) is 0 Å². The van der Waals surface area contributed by atoms with E-state index in [9.17, 15) is 58.8 Å². The van der Waals surface area contributed by atoms with E-state index in [0.717, 1.165) is 0 Å². The molecule has 0 bridgehead atoms. The van der Waals surface area contributed by atoms with Gasteiger partial charge >= 0.3 is 17.9 Å². The molecule has 0 fully saturated rings. The number of carbonyl (C=O) groups excluding carboxylic acids is 8. The molecule has 4 rings (SSSR count). The standard InChI is InChI=1S/C27H30O8.C18H22O6.C10H16O4.C8H8O3/c1-5-35-27(31)15-10-20(21(28)11-6-18-8-13-23(30)25(16-18)33-3)22(29)12-7-19-9-14-24(32-2)26(17-19)34-4;1-4-24-18(22)10-7-14(12(2)19)15(20)8-5-13-6-9-16(21)17(11-13)23-3;1-4-14-10(13)6-5-9(7(2)11)8(3)12;1-11-8-4-6(5-9)2-3-7(8)10/h6-9,11-14,16-17,29-30H,5,10,15H2,1-4H3;5-6,8-9,11,20-21H,4,7,10H2,1-3H3;9H,4-6H2,1-3H3;2-5,10H,1H3/b11-6+,12-7+,22-20?;8-5+,15-14-;;. The van der Waals surface area contributed by atoms with Crippen molar-refractivity contribution >= 4 is 65.6 Å². The molecule has 5 N–H and O–H groups in total. The number of ketones is 4. The zero-order chi connectivity index (χ0) is 63.3. The molecule has 0 radical (unpaired) electrons. The molecule has 4 aromatic rings. The summed E-state index contributed by atoms with van der Waals surface area (Å²) in [6, 6.07) is 18.9. The van der Waals surface area contributed by atoms with Gasteiger partial charge in [-0.25, -0.2) is 0 Å². The molecule has 0 amide bonds. The number of carbonyl (C=O) groups is 8. The topological polar surface area (TPSA) is 312 Å². The lowest BCUT2D eigenvalue weighted by Gasteiger charge is -2.08. The molecule has 84 heavy (non-hydrogen) atoms. The van der Waals surface area contributed by atoms with Crippen LogP contribution >= 0.6 is 0 Å². The summed E-state index contributed by atoms with van der Waals surface area (Å²) in [7, 11) is 7.34. The van der Waals surface area contributed by atoms with E-state index < -0.39 is 23.6 Å². The number of aldehydes is 1. The molecule has 0 aromatic heterocycles. The highest BCUT2D eigenvalue weighted by Crippen LogP contribution is 2.30. The maximum atomic E-state index is 12.9. The van der Waals surface area contributed by atoms with Crippen molar-refractivity contribution in [1.29, 1.82) is 0 Å². The predicted molar refractivity (Wildman–Crippen MR) is 313 cm³/mol. The van der Waals surface area contributed by atoms with Crippen molar-refractivity contribution < 1.29 is 102 Å². The van der Waals surface area contributed by atoms with Crippen molar-refractivity contribution in [2.24, 2.45) is 5.92 Å². The Morgan fingerprint density at radius 3 is 1.17 bits per heavy atom. The Labute approximate surface area is 489 Å². The third-order valence-corrected chi connectivity index (χ3v) is 11.5. The molecule has 454 valence electrons. The van der Waals surface area contributed by atoms with E-state index in [1.807, 2.05) is 0 Å². The minimum Gasteiger partial charge on any atom is -0.508 e. The number of benzene rings is 4. The first-order valence-electron chi connectivity index (χ1n) is 26.2. The number of esters is 3. The Hall–Kier alpha value is -9.66. The normalized spacial score (nSPS) is 11.2. The number of hydrogen-bond acceptors (Lipinski definition) is 21. The summed E-state index contributed by atoms with van der Waals surface area (Å²) >= 11 is 0. The fourth-order valence-corrected chi connectivity index (χ4v) is 7.11. The smallest absolute Gasteiger partial charge is 0.306 e. The molecular weight excluding hydrogens is 1090 g/mol. The summed E-state index contributed by atoms with van der Waals surface area (Å²) in [5.74, 6) is -1.59. The summed E-state index contributed by atoms with van der Waals surface area (Å²) in [6.45, 7) is 9.97. The average molecular weight is 1170 g/mol. The van der Waals surface area contributed by atoms with Gasteiger partial charge in [-0.2, -0.15) is 0 Å². The van der Waals surface area contributed by atoms with E-state index in [2.05, 4.69) is 0 Å². The molecule has 0 heterocycles. The molecule has 0 aliphatic rings. The molecule has 21 nitrogen and oxygen atoms in total. The van der Waals surface area contributed by atoms with Crippen LogP contribution in [-0.2, 0) is 47.8 Å². The van der Waals surface area contributed by atoms with Crippen molar-refractivity contribution in [2.75, 3.05) is 55.4 Å². The molecule has 0 aliphatic carbocycles. The van der Waals surface area contributed by atoms with Gasteiger partial charge in [0.05, 0.1) is 61.3 Å². The van der Waals surface area contributed by atoms with Gasteiger partial charge in [0.25, 0.3) is 0 Å². The van der Waals surface area contributed by atoms with Gasteiger partial charge in [-0.15, -0.1) is 0 Å². The van der Waals surface area contributed by atoms with Crippen LogP contribution in [-0.4, -0.2) is 128 Å². The van der Waals surface area contributed by atoms with Crippen LogP contribution in [0.2, 0.25) is 0 Å². The number of allylic oxidation sites excluding steroid dienone is 5. The van der Waals surface area contributed by atoms with Gasteiger partial charge < -0.3 is 63.4 Å². The zero-order valence-corrected chi connectivity index (χ0v) is 49.2. The number of ether oxygens (including phenoxy) is 8. The first-order chi connectivity index (χ1) is 40.0. The summed E-state index contributed by atoms with van der Waals surface area (Å²) in [4.78, 5) is 91.0. The number of rotatable bonds is 28. The lowest BCUT2D eigenvalue weighted by molar-refractivity contribution is -0.144. The molecule has 0 saturated carbocycles. The van der Waals surface area contributed by atoms with Crippen LogP contribution in [0.4, 0.5) is 0 Å². The van der Waals surface area contributed by atoms with Gasteiger partial charge in [-0.3, -0.25) is 38.4 Å². The van der Waals surface area contributed by atoms with Crippen molar-refractivity contribution in [3.63, 3.8) is 0 Å². The second kappa shape index (κ2) is 39.7. The number of Topliss-reactive ketones (excluding diaryl/α,β-unsaturated/α-hetero) is 3. The Bertz CT molecular complexity index is 3000. The number of aromatic hydroxyl groups is 3. The van der Waals surface area contributed by atoms with E-state index in [1.54, 1.807) is 75.4 Å². The molecule has 0 saturated heterocycles. The largest absolute Gasteiger partial charge is 0.508 e. The van der Waals surface area contributed by atoms with E-state index in [1.165, 1.54) is 111 Å². The van der Waals surface area contributed by atoms with E-state index in [0.29, 0.717) is 58.1 Å². The van der Waals surface area contributed by atoms with Crippen LogP contribution in [0.1, 0.15) is 107 Å². The number of hydrogen-bond donors (Lipinski definition) is 5. The summed E-state index contributed by atoms with van der Waals surface area (Å²) in [5, 5.41) is 49.2. The minimum atomic E-state index is -0.653. The van der Waals surface area contributed by atoms with Crippen LogP contribution < -0.4 is 23.7 Å². The number of aliphatic hydroxyl groups excluding tert-OH is 2. The van der Waals surface area contributed by atoms with Gasteiger partial charge in [0.2, 0.25) is 0 Å². The van der Waals surface area contributed by atoms with Crippen molar-refractivity contribution in [2.45, 2.75) is 80.1 Å². The first kappa shape index (κ1) is 72.4. The fourth-order valence-electron chi connectivity index (χ4n) is 7.11.